The van der Waals surface area contributed by atoms with Crippen LogP contribution in [0.3, 0.4) is 0 Å². The number of likely N-dealkylation sites (tertiary alicyclic amines) is 1. The van der Waals surface area contributed by atoms with Crippen molar-refractivity contribution in [3.8, 4) is 0 Å². The first-order chi connectivity index (χ1) is 10.9. The van der Waals surface area contributed by atoms with Crippen molar-refractivity contribution in [2.75, 3.05) is 26.3 Å². The second-order valence-electron chi connectivity index (χ2n) is 6.03. The van der Waals surface area contributed by atoms with Gasteiger partial charge in [-0.05, 0) is 31.9 Å². The molecule has 1 unspecified atom stereocenters. The maximum Gasteiger partial charge on any atom is 0.256 e. The van der Waals surface area contributed by atoms with Crippen LogP contribution in [0.5, 0.6) is 0 Å². The van der Waals surface area contributed by atoms with E-state index in [1.165, 1.54) is 4.90 Å². The van der Waals surface area contributed by atoms with E-state index in [2.05, 4.69) is 0 Å². The Hall–Kier alpha value is -1.60. The minimum atomic E-state index is -1.63. The standard InChI is InChI=1S/C16H18F3NO3/c1-16(22-7-8-23-16)10-3-2-6-20(9-10)15(21)11-4-5-12(17)14(19)13(11)18/h4-5,10H,2-3,6-9H2,1H3. The summed E-state index contributed by atoms with van der Waals surface area (Å²) in [5, 5.41) is 0. The van der Waals surface area contributed by atoms with Crippen molar-refractivity contribution < 1.29 is 27.4 Å². The summed E-state index contributed by atoms with van der Waals surface area (Å²) < 4.78 is 51.4. The Morgan fingerprint density at radius 3 is 2.61 bits per heavy atom. The second kappa shape index (κ2) is 6.13. The predicted octanol–water partition coefficient (Wildman–Crippen LogP) is 2.72. The van der Waals surface area contributed by atoms with Gasteiger partial charge in [0.25, 0.3) is 5.91 Å². The monoisotopic (exact) mass is 329 g/mol. The van der Waals surface area contributed by atoms with Crippen molar-refractivity contribution in [3.05, 3.63) is 35.1 Å². The summed E-state index contributed by atoms with van der Waals surface area (Å²) in [5.74, 6) is -5.83. The number of carbonyl (C=O) groups is 1. The Morgan fingerprint density at radius 2 is 1.91 bits per heavy atom. The largest absolute Gasteiger partial charge is 0.347 e. The molecule has 2 aliphatic heterocycles. The van der Waals surface area contributed by atoms with Gasteiger partial charge in [0.05, 0.1) is 18.8 Å². The first kappa shape index (κ1) is 16.3. The van der Waals surface area contributed by atoms with Gasteiger partial charge in [-0.2, -0.15) is 0 Å². The number of benzene rings is 1. The van der Waals surface area contributed by atoms with Crippen LogP contribution in [0.1, 0.15) is 30.1 Å². The lowest BCUT2D eigenvalue weighted by molar-refractivity contribution is -0.189. The molecule has 0 radical (unpaired) electrons. The Balaban J connectivity index is 1.79. The molecule has 23 heavy (non-hydrogen) atoms. The number of piperidine rings is 1. The zero-order valence-electron chi connectivity index (χ0n) is 12.8. The van der Waals surface area contributed by atoms with Crippen LogP contribution in [0.15, 0.2) is 12.1 Å². The van der Waals surface area contributed by atoms with E-state index in [1.54, 1.807) is 0 Å². The van der Waals surface area contributed by atoms with E-state index >= 15 is 0 Å². The third-order valence-corrected chi connectivity index (χ3v) is 4.58. The van der Waals surface area contributed by atoms with Crippen LogP contribution >= 0.6 is 0 Å². The fourth-order valence-corrected chi connectivity index (χ4v) is 3.22. The lowest BCUT2D eigenvalue weighted by Gasteiger charge is -2.40. The molecule has 1 aromatic carbocycles. The topological polar surface area (TPSA) is 38.8 Å². The van der Waals surface area contributed by atoms with Crippen LogP contribution in [0.2, 0.25) is 0 Å². The predicted molar refractivity (Wildman–Crippen MR) is 75.3 cm³/mol. The number of carbonyl (C=O) groups excluding carboxylic acids is 1. The minimum absolute atomic E-state index is 0.0453. The Labute approximate surface area is 132 Å². The molecule has 0 aromatic heterocycles. The number of nitrogens with zero attached hydrogens (tertiary/aromatic N) is 1. The molecule has 2 saturated heterocycles. The van der Waals surface area contributed by atoms with Gasteiger partial charge in [-0.3, -0.25) is 4.79 Å². The third kappa shape index (κ3) is 2.95. The van der Waals surface area contributed by atoms with Gasteiger partial charge in [-0.15, -0.1) is 0 Å². The SMILES string of the molecule is CC1(C2CCCN(C(=O)c3ccc(F)c(F)c3F)C2)OCCO1. The van der Waals surface area contributed by atoms with E-state index in [-0.39, 0.29) is 5.92 Å². The lowest BCUT2D eigenvalue weighted by Crippen LogP contribution is -2.48. The van der Waals surface area contributed by atoms with Crippen LogP contribution in [0.25, 0.3) is 0 Å². The zero-order valence-corrected chi connectivity index (χ0v) is 12.8. The molecule has 1 amide bonds. The molecule has 1 atom stereocenters. The van der Waals surface area contributed by atoms with Crippen molar-refractivity contribution in [2.24, 2.45) is 5.92 Å². The van der Waals surface area contributed by atoms with E-state index in [0.717, 1.165) is 18.6 Å². The molecule has 0 N–H and O–H groups in total. The van der Waals surface area contributed by atoms with Gasteiger partial charge in [0, 0.05) is 19.0 Å². The Bertz CT molecular complexity index is 617. The number of amides is 1. The number of rotatable bonds is 2. The zero-order chi connectivity index (χ0) is 16.6. The van der Waals surface area contributed by atoms with Gasteiger partial charge in [0.1, 0.15) is 0 Å². The third-order valence-electron chi connectivity index (χ3n) is 4.58. The smallest absolute Gasteiger partial charge is 0.256 e. The molecular formula is C16H18F3NO3. The lowest BCUT2D eigenvalue weighted by atomic mass is 9.90. The van der Waals surface area contributed by atoms with Crippen molar-refractivity contribution in [1.82, 2.24) is 4.90 Å². The highest BCUT2D eigenvalue weighted by molar-refractivity contribution is 5.94. The Morgan fingerprint density at radius 1 is 1.22 bits per heavy atom. The molecule has 126 valence electrons. The molecule has 0 saturated carbocycles. The highest BCUT2D eigenvalue weighted by Crippen LogP contribution is 2.34. The van der Waals surface area contributed by atoms with Crippen molar-refractivity contribution >= 4 is 5.91 Å². The fraction of sp³-hybridized carbons (Fsp3) is 0.562. The van der Waals surface area contributed by atoms with Crippen molar-refractivity contribution in [1.29, 1.82) is 0 Å². The van der Waals surface area contributed by atoms with E-state index in [9.17, 15) is 18.0 Å². The maximum absolute atomic E-state index is 13.8. The molecular weight excluding hydrogens is 311 g/mol. The molecule has 2 heterocycles. The Kier molecular flexibility index (Phi) is 4.33. The van der Waals surface area contributed by atoms with Crippen LogP contribution in [-0.4, -0.2) is 42.9 Å². The summed E-state index contributed by atoms with van der Waals surface area (Å²) >= 11 is 0. The number of ether oxygens (including phenoxy) is 2. The molecule has 2 fully saturated rings. The van der Waals surface area contributed by atoms with Crippen LogP contribution in [0, 0.1) is 23.4 Å². The van der Waals surface area contributed by atoms with Gasteiger partial charge < -0.3 is 14.4 Å². The van der Waals surface area contributed by atoms with Gasteiger partial charge in [-0.25, -0.2) is 13.2 Å². The van der Waals surface area contributed by atoms with E-state index in [1.807, 2.05) is 6.92 Å². The van der Waals surface area contributed by atoms with E-state index < -0.39 is 34.7 Å². The van der Waals surface area contributed by atoms with Crippen molar-refractivity contribution in [2.45, 2.75) is 25.6 Å². The number of hydrogen-bond donors (Lipinski definition) is 0. The molecule has 2 aliphatic rings. The van der Waals surface area contributed by atoms with Gasteiger partial charge in [-0.1, -0.05) is 0 Å². The maximum atomic E-state index is 13.8. The quantitative estimate of drug-likeness (QED) is 0.783. The molecule has 7 heteroatoms. The fourth-order valence-electron chi connectivity index (χ4n) is 3.22. The highest BCUT2D eigenvalue weighted by atomic mass is 19.2. The highest BCUT2D eigenvalue weighted by Gasteiger charge is 2.42. The molecule has 1 aromatic rings. The summed E-state index contributed by atoms with van der Waals surface area (Å²) in [5.41, 5.74) is -0.456. The van der Waals surface area contributed by atoms with E-state index in [0.29, 0.717) is 32.7 Å². The molecule has 0 bridgehead atoms. The van der Waals surface area contributed by atoms with Gasteiger partial charge in [0.2, 0.25) is 0 Å². The summed E-state index contributed by atoms with van der Waals surface area (Å²) in [7, 11) is 0. The first-order valence-corrected chi connectivity index (χ1v) is 7.63. The minimum Gasteiger partial charge on any atom is -0.347 e. The molecule has 3 rings (SSSR count). The second-order valence-corrected chi connectivity index (χ2v) is 6.03. The average Bonchev–Trinajstić information content (AvgIpc) is 3.00. The first-order valence-electron chi connectivity index (χ1n) is 7.63. The van der Waals surface area contributed by atoms with Gasteiger partial charge >= 0.3 is 0 Å². The number of hydrogen-bond acceptors (Lipinski definition) is 3. The van der Waals surface area contributed by atoms with Crippen molar-refractivity contribution in [3.63, 3.8) is 0 Å². The van der Waals surface area contributed by atoms with E-state index in [4.69, 9.17) is 9.47 Å². The van der Waals surface area contributed by atoms with Gasteiger partial charge in [0.15, 0.2) is 23.2 Å². The van der Waals surface area contributed by atoms with Crippen LogP contribution in [0.4, 0.5) is 13.2 Å². The molecule has 0 aliphatic carbocycles. The average molecular weight is 329 g/mol. The summed E-state index contributed by atoms with van der Waals surface area (Å²) in [6, 6.07) is 1.74. The van der Waals surface area contributed by atoms with Crippen LogP contribution < -0.4 is 0 Å². The molecule has 0 spiro atoms. The summed E-state index contributed by atoms with van der Waals surface area (Å²) in [6.07, 6.45) is 1.53. The number of halogens is 3. The summed E-state index contributed by atoms with van der Waals surface area (Å²) in [6.45, 7) is 3.59. The summed E-state index contributed by atoms with van der Waals surface area (Å²) in [4.78, 5) is 13.9. The normalized spacial score (nSPS) is 24.0. The molecule has 4 nitrogen and oxygen atoms in total. The van der Waals surface area contributed by atoms with Crippen LogP contribution in [-0.2, 0) is 9.47 Å².